The van der Waals surface area contributed by atoms with Crippen LogP contribution in [0.15, 0.2) is 12.7 Å². The summed E-state index contributed by atoms with van der Waals surface area (Å²) in [6, 6.07) is 0.419. The first-order valence-electron chi connectivity index (χ1n) is 5.44. The Morgan fingerprint density at radius 2 is 2.40 bits per heavy atom. The molecule has 0 saturated carbocycles. The van der Waals surface area contributed by atoms with Crippen LogP contribution in [0.1, 0.15) is 25.3 Å². The third-order valence-corrected chi connectivity index (χ3v) is 3.34. The van der Waals surface area contributed by atoms with Crippen LogP contribution in [0.5, 0.6) is 0 Å². The van der Waals surface area contributed by atoms with Gasteiger partial charge in [-0.15, -0.1) is 0 Å². The van der Waals surface area contributed by atoms with E-state index in [1.807, 2.05) is 4.68 Å². The lowest BCUT2D eigenvalue weighted by atomic mass is 9.90. The summed E-state index contributed by atoms with van der Waals surface area (Å²) in [7, 11) is 0. The van der Waals surface area contributed by atoms with Gasteiger partial charge in [-0.25, -0.2) is 9.67 Å². The van der Waals surface area contributed by atoms with Crippen molar-refractivity contribution in [1.29, 1.82) is 0 Å². The fourth-order valence-electron chi connectivity index (χ4n) is 2.50. The van der Waals surface area contributed by atoms with Gasteiger partial charge in [-0.05, 0) is 6.42 Å². The molecule has 82 valence electrons. The lowest BCUT2D eigenvalue weighted by molar-refractivity contribution is -0.0962. The Balaban J connectivity index is 1.76. The van der Waals surface area contributed by atoms with Gasteiger partial charge in [0.1, 0.15) is 12.7 Å². The first-order chi connectivity index (χ1) is 7.38. The standard InChI is InChI=1S/C10H15N3O2/c1-3-15-10(2-4-14-6-10)5-9(1)13-8-11-7-12-13/h7-9H,1-6H2. The van der Waals surface area contributed by atoms with E-state index in [-0.39, 0.29) is 5.60 Å². The van der Waals surface area contributed by atoms with Crippen molar-refractivity contribution in [3.05, 3.63) is 12.7 Å². The minimum Gasteiger partial charge on any atom is -0.378 e. The van der Waals surface area contributed by atoms with Gasteiger partial charge in [0.15, 0.2) is 0 Å². The molecule has 5 nitrogen and oxygen atoms in total. The summed E-state index contributed by atoms with van der Waals surface area (Å²) in [6.45, 7) is 2.36. The molecule has 2 fully saturated rings. The van der Waals surface area contributed by atoms with Crippen molar-refractivity contribution in [3.8, 4) is 0 Å². The highest BCUT2D eigenvalue weighted by Crippen LogP contribution is 2.37. The molecular formula is C10H15N3O2. The highest BCUT2D eigenvalue weighted by atomic mass is 16.6. The summed E-state index contributed by atoms with van der Waals surface area (Å²) in [5.41, 5.74) is -0.0468. The monoisotopic (exact) mass is 209 g/mol. The summed E-state index contributed by atoms with van der Waals surface area (Å²) in [5, 5.41) is 4.20. The number of nitrogens with zero attached hydrogens (tertiary/aromatic N) is 3. The van der Waals surface area contributed by atoms with Crippen molar-refractivity contribution in [1.82, 2.24) is 14.8 Å². The van der Waals surface area contributed by atoms with Crippen molar-refractivity contribution in [2.45, 2.75) is 30.9 Å². The van der Waals surface area contributed by atoms with Crippen molar-refractivity contribution in [2.24, 2.45) is 0 Å². The zero-order valence-electron chi connectivity index (χ0n) is 8.63. The molecule has 2 aliphatic heterocycles. The molecule has 0 bridgehead atoms. The fourth-order valence-corrected chi connectivity index (χ4v) is 2.50. The Morgan fingerprint density at radius 1 is 1.40 bits per heavy atom. The Kier molecular flexibility index (Phi) is 2.21. The smallest absolute Gasteiger partial charge is 0.137 e. The van der Waals surface area contributed by atoms with Crippen LogP contribution in [0, 0.1) is 0 Å². The van der Waals surface area contributed by atoms with Crippen molar-refractivity contribution < 1.29 is 9.47 Å². The summed E-state index contributed by atoms with van der Waals surface area (Å²) < 4.78 is 13.2. The fraction of sp³-hybridized carbons (Fsp3) is 0.800. The second kappa shape index (κ2) is 3.57. The number of rotatable bonds is 1. The molecule has 2 aliphatic rings. The molecular weight excluding hydrogens is 194 g/mol. The third-order valence-electron chi connectivity index (χ3n) is 3.34. The summed E-state index contributed by atoms with van der Waals surface area (Å²) in [6.07, 6.45) is 6.41. The summed E-state index contributed by atoms with van der Waals surface area (Å²) in [4.78, 5) is 3.99. The van der Waals surface area contributed by atoms with Crippen LogP contribution >= 0.6 is 0 Å². The molecule has 0 N–H and O–H groups in total. The van der Waals surface area contributed by atoms with Gasteiger partial charge >= 0.3 is 0 Å². The second-order valence-corrected chi connectivity index (χ2v) is 4.36. The van der Waals surface area contributed by atoms with Gasteiger partial charge in [0.25, 0.3) is 0 Å². The number of hydrogen-bond donors (Lipinski definition) is 0. The van der Waals surface area contributed by atoms with E-state index in [0.29, 0.717) is 6.04 Å². The number of aromatic nitrogens is 3. The van der Waals surface area contributed by atoms with E-state index in [4.69, 9.17) is 9.47 Å². The van der Waals surface area contributed by atoms with E-state index in [2.05, 4.69) is 10.1 Å². The molecule has 3 heterocycles. The minimum atomic E-state index is -0.0468. The third kappa shape index (κ3) is 1.66. The maximum absolute atomic E-state index is 5.87. The minimum absolute atomic E-state index is 0.0468. The summed E-state index contributed by atoms with van der Waals surface area (Å²) in [5.74, 6) is 0. The average molecular weight is 209 g/mol. The van der Waals surface area contributed by atoms with Gasteiger partial charge in [0.2, 0.25) is 0 Å². The Morgan fingerprint density at radius 3 is 3.13 bits per heavy atom. The van der Waals surface area contributed by atoms with Crippen LogP contribution < -0.4 is 0 Å². The van der Waals surface area contributed by atoms with E-state index in [9.17, 15) is 0 Å². The molecule has 2 unspecified atom stereocenters. The average Bonchev–Trinajstić information content (AvgIpc) is 2.89. The molecule has 15 heavy (non-hydrogen) atoms. The Labute approximate surface area is 88.4 Å². The van der Waals surface area contributed by atoms with Crippen LogP contribution in [0.2, 0.25) is 0 Å². The van der Waals surface area contributed by atoms with Crippen LogP contribution in [0.4, 0.5) is 0 Å². The Hall–Kier alpha value is -0.940. The normalized spacial score (nSPS) is 36.1. The predicted molar refractivity (Wildman–Crippen MR) is 52.4 cm³/mol. The van der Waals surface area contributed by atoms with Crippen molar-refractivity contribution >= 4 is 0 Å². The van der Waals surface area contributed by atoms with Crippen molar-refractivity contribution in [3.63, 3.8) is 0 Å². The molecule has 2 saturated heterocycles. The molecule has 1 aromatic heterocycles. The first-order valence-corrected chi connectivity index (χ1v) is 5.44. The molecule has 0 amide bonds. The molecule has 3 rings (SSSR count). The maximum atomic E-state index is 5.87. The van der Waals surface area contributed by atoms with E-state index in [0.717, 1.165) is 39.1 Å². The topological polar surface area (TPSA) is 49.2 Å². The quantitative estimate of drug-likeness (QED) is 0.686. The lowest BCUT2D eigenvalue weighted by Crippen LogP contribution is -2.41. The zero-order valence-corrected chi connectivity index (χ0v) is 8.63. The van der Waals surface area contributed by atoms with Crippen LogP contribution in [0.25, 0.3) is 0 Å². The Bertz CT molecular complexity index is 319. The zero-order chi connectivity index (χ0) is 10.1. The van der Waals surface area contributed by atoms with E-state index >= 15 is 0 Å². The van der Waals surface area contributed by atoms with Crippen LogP contribution in [-0.4, -0.2) is 40.2 Å². The van der Waals surface area contributed by atoms with E-state index < -0.39 is 0 Å². The first kappa shape index (κ1) is 9.30. The molecule has 1 spiro atoms. The predicted octanol–water partition coefficient (Wildman–Crippen LogP) is 0.789. The molecule has 0 radical (unpaired) electrons. The molecule has 0 aliphatic carbocycles. The maximum Gasteiger partial charge on any atom is 0.137 e. The lowest BCUT2D eigenvalue weighted by Gasteiger charge is -2.36. The molecule has 5 heteroatoms. The second-order valence-electron chi connectivity index (χ2n) is 4.36. The van der Waals surface area contributed by atoms with Gasteiger partial charge in [-0.1, -0.05) is 0 Å². The van der Waals surface area contributed by atoms with Gasteiger partial charge < -0.3 is 9.47 Å². The highest BCUT2D eigenvalue weighted by Gasteiger charge is 2.41. The molecule has 2 atom stereocenters. The molecule has 1 aromatic rings. The largest absolute Gasteiger partial charge is 0.378 e. The molecule has 0 aromatic carbocycles. The van der Waals surface area contributed by atoms with E-state index in [1.54, 1.807) is 12.7 Å². The summed E-state index contributed by atoms with van der Waals surface area (Å²) >= 11 is 0. The number of ether oxygens (including phenoxy) is 2. The van der Waals surface area contributed by atoms with Gasteiger partial charge in [0.05, 0.1) is 18.2 Å². The van der Waals surface area contributed by atoms with Gasteiger partial charge in [-0.3, -0.25) is 0 Å². The van der Waals surface area contributed by atoms with Gasteiger partial charge in [-0.2, -0.15) is 5.10 Å². The van der Waals surface area contributed by atoms with Crippen molar-refractivity contribution in [2.75, 3.05) is 19.8 Å². The highest BCUT2D eigenvalue weighted by molar-refractivity contribution is 4.91. The van der Waals surface area contributed by atoms with Crippen LogP contribution in [0.3, 0.4) is 0 Å². The SMILES string of the molecule is c1ncn(C2CCOC3(CCOC3)C2)n1. The number of hydrogen-bond acceptors (Lipinski definition) is 4. The van der Waals surface area contributed by atoms with E-state index in [1.165, 1.54) is 0 Å². The van der Waals surface area contributed by atoms with Crippen LogP contribution in [-0.2, 0) is 9.47 Å². The van der Waals surface area contributed by atoms with Gasteiger partial charge in [0, 0.05) is 26.1 Å².